The Balaban J connectivity index is 1.84. The Hall–Kier alpha value is -2.66. The number of nitrogens with one attached hydrogen (secondary N) is 1. The van der Waals surface area contributed by atoms with E-state index in [-0.39, 0.29) is 29.0 Å². The maximum Gasteiger partial charge on any atom is 0.341 e. The Kier molecular flexibility index (Phi) is 5.57. The van der Waals surface area contributed by atoms with Crippen LogP contribution >= 0.6 is 0 Å². The second-order valence-corrected chi connectivity index (χ2v) is 8.61. The number of hydrogen-bond donors (Lipinski definition) is 1. The van der Waals surface area contributed by atoms with Gasteiger partial charge in [0.15, 0.2) is 0 Å². The van der Waals surface area contributed by atoms with Gasteiger partial charge in [0.25, 0.3) is 15.9 Å². The first-order valence-corrected chi connectivity index (χ1v) is 10.1. The molecule has 0 bridgehead atoms. The van der Waals surface area contributed by atoms with Gasteiger partial charge in [-0.1, -0.05) is 0 Å². The monoisotopic (exact) mass is 410 g/mol. The number of H-pyrrole nitrogens is 1. The maximum atomic E-state index is 12.9. The highest BCUT2D eigenvalue weighted by Gasteiger charge is 2.35. The van der Waals surface area contributed by atoms with Gasteiger partial charge in [-0.3, -0.25) is 9.89 Å². The first-order valence-electron chi connectivity index (χ1n) is 8.67. The Morgan fingerprint density at radius 3 is 2.82 bits per heavy atom. The molecule has 3 heterocycles. The third kappa shape index (κ3) is 3.67. The van der Waals surface area contributed by atoms with Gasteiger partial charge in [0.05, 0.1) is 30.1 Å². The van der Waals surface area contributed by atoms with Crippen molar-refractivity contribution in [3.05, 3.63) is 35.3 Å². The number of amides is 1. The van der Waals surface area contributed by atoms with E-state index in [2.05, 4.69) is 14.9 Å². The van der Waals surface area contributed by atoms with E-state index in [1.165, 1.54) is 22.5 Å². The molecule has 0 spiro atoms. The van der Waals surface area contributed by atoms with Crippen LogP contribution < -0.4 is 0 Å². The van der Waals surface area contributed by atoms with Gasteiger partial charge in [-0.2, -0.15) is 9.40 Å². The highest BCUT2D eigenvalue weighted by Crippen LogP contribution is 2.31. The van der Waals surface area contributed by atoms with Crippen LogP contribution in [0, 0.1) is 0 Å². The number of sulfonamides is 1. The number of piperidine rings is 1. The molecule has 0 saturated carbocycles. The largest absolute Gasteiger partial charge is 0.465 e. The number of furan rings is 1. The lowest BCUT2D eigenvalue weighted by Gasteiger charge is -2.31. The maximum absolute atomic E-state index is 12.9. The molecule has 1 saturated heterocycles. The smallest absolute Gasteiger partial charge is 0.341 e. The Morgan fingerprint density at radius 1 is 1.39 bits per heavy atom. The van der Waals surface area contributed by atoms with Crippen LogP contribution in [-0.4, -0.2) is 74.0 Å². The van der Waals surface area contributed by atoms with Gasteiger partial charge in [0.1, 0.15) is 6.26 Å². The van der Waals surface area contributed by atoms with Crippen LogP contribution in [0.2, 0.25) is 0 Å². The molecule has 1 aliphatic rings. The molecule has 0 radical (unpaired) electrons. The Bertz CT molecular complexity index is 977. The first-order chi connectivity index (χ1) is 13.3. The second kappa shape index (κ2) is 7.76. The number of rotatable bonds is 5. The van der Waals surface area contributed by atoms with Crippen molar-refractivity contribution in [2.75, 3.05) is 34.3 Å². The van der Waals surface area contributed by atoms with E-state index in [0.29, 0.717) is 30.6 Å². The molecule has 0 unspecified atom stereocenters. The molecule has 1 N–H and O–H groups in total. The summed E-state index contributed by atoms with van der Waals surface area (Å²) in [6.07, 6.45) is 3.85. The average molecular weight is 410 g/mol. The fourth-order valence-electron chi connectivity index (χ4n) is 3.22. The summed E-state index contributed by atoms with van der Waals surface area (Å²) in [7, 11) is 0.568. The van der Waals surface area contributed by atoms with Crippen LogP contribution in [0.25, 0.3) is 0 Å². The third-order valence-corrected chi connectivity index (χ3v) is 6.42. The summed E-state index contributed by atoms with van der Waals surface area (Å²) in [6, 6.07) is 1.15. The summed E-state index contributed by atoms with van der Waals surface area (Å²) >= 11 is 0. The normalized spacial score (nSPS) is 18.0. The molecule has 28 heavy (non-hydrogen) atoms. The van der Waals surface area contributed by atoms with Crippen LogP contribution in [0.5, 0.6) is 0 Å². The molecule has 10 nitrogen and oxygen atoms in total. The van der Waals surface area contributed by atoms with Gasteiger partial charge in [0, 0.05) is 39.2 Å². The van der Waals surface area contributed by atoms with E-state index in [0.717, 1.165) is 12.3 Å². The van der Waals surface area contributed by atoms with Crippen LogP contribution in [0.3, 0.4) is 0 Å². The second-order valence-electron chi connectivity index (χ2n) is 6.75. The van der Waals surface area contributed by atoms with Gasteiger partial charge in [-0.05, 0) is 12.8 Å². The predicted octanol–water partition coefficient (Wildman–Crippen LogP) is 1.06. The van der Waals surface area contributed by atoms with Crippen molar-refractivity contribution >= 4 is 21.9 Å². The number of hydrogen-bond acceptors (Lipinski definition) is 7. The summed E-state index contributed by atoms with van der Waals surface area (Å²) < 4.78 is 36.9. The van der Waals surface area contributed by atoms with Crippen molar-refractivity contribution in [3.8, 4) is 0 Å². The number of carbonyl (C=O) groups is 2. The summed E-state index contributed by atoms with van der Waals surface area (Å²) in [5, 5.41) is 6.50. The Morgan fingerprint density at radius 2 is 2.14 bits per heavy atom. The van der Waals surface area contributed by atoms with Crippen molar-refractivity contribution in [1.82, 2.24) is 19.4 Å². The lowest BCUT2D eigenvalue weighted by atomic mass is 9.93. The van der Waals surface area contributed by atoms with Crippen molar-refractivity contribution in [1.29, 1.82) is 0 Å². The van der Waals surface area contributed by atoms with Crippen LogP contribution in [0.4, 0.5) is 0 Å². The number of aromatic nitrogens is 2. The van der Waals surface area contributed by atoms with Gasteiger partial charge < -0.3 is 14.1 Å². The minimum Gasteiger partial charge on any atom is -0.465 e. The average Bonchev–Trinajstić information content (AvgIpc) is 3.36. The quantitative estimate of drug-likeness (QED) is 0.731. The number of esters is 1. The van der Waals surface area contributed by atoms with E-state index in [9.17, 15) is 18.0 Å². The predicted molar refractivity (Wildman–Crippen MR) is 97.4 cm³/mol. The van der Waals surface area contributed by atoms with Crippen molar-refractivity contribution in [3.63, 3.8) is 0 Å². The molecule has 1 fully saturated rings. The molecule has 152 valence electrons. The topological polar surface area (TPSA) is 126 Å². The summed E-state index contributed by atoms with van der Waals surface area (Å²) in [6.45, 7) is 0.491. The summed E-state index contributed by atoms with van der Waals surface area (Å²) in [4.78, 5) is 25.3. The van der Waals surface area contributed by atoms with E-state index < -0.39 is 16.0 Å². The zero-order valence-electron chi connectivity index (χ0n) is 15.8. The fourth-order valence-corrected chi connectivity index (χ4v) is 4.66. The minimum absolute atomic E-state index is 0.0297. The van der Waals surface area contributed by atoms with Gasteiger partial charge >= 0.3 is 5.97 Å². The van der Waals surface area contributed by atoms with Crippen molar-refractivity contribution in [2.45, 2.75) is 23.9 Å². The number of aromatic amines is 1. The standard InChI is InChI=1S/C17H22N4O6S/c1-20(2)16(22)13-8-18-19-15(13)11-5-4-6-21(9-11)28(24,25)14-7-12(10-27-14)17(23)26-3/h7-8,10-11H,4-6,9H2,1-3H3,(H,18,19)/t11-/m1/s1. The molecule has 1 atom stereocenters. The molecule has 0 aromatic carbocycles. The zero-order chi connectivity index (χ0) is 20.5. The van der Waals surface area contributed by atoms with Crippen LogP contribution in [0.15, 0.2) is 28.0 Å². The first kappa shape index (κ1) is 20.1. The molecule has 1 aliphatic heterocycles. The number of carbonyl (C=O) groups excluding carboxylic acids is 2. The zero-order valence-corrected chi connectivity index (χ0v) is 16.7. The van der Waals surface area contributed by atoms with Gasteiger partial charge in [-0.25, -0.2) is 13.2 Å². The van der Waals surface area contributed by atoms with Gasteiger partial charge in [0.2, 0.25) is 5.09 Å². The Labute approximate surface area is 162 Å². The highest BCUT2D eigenvalue weighted by molar-refractivity contribution is 7.89. The number of methoxy groups -OCH3 is 1. The molecular weight excluding hydrogens is 388 g/mol. The minimum atomic E-state index is -3.93. The summed E-state index contributed by atoms with van der Waals surface area (Å²) in [5.74, 6) is -1.08. The van der Waals surface area contributed by atoms with E-state index >= 15 is 0 Å². The van der Waals surface area contributed by atoms with Crippen LogP contribution in [0.1, 0.15) is 45.2 Å². The number of ether oxygens (including phenoxy) is 1. The molecule has 11 heteroatoms. The van der Waals surface area contributed by atoms with E-state index in [1.807, 2.05) is 0 Å². The molecule has 3 rings (SSSR count). The van der Waals surface area contributed by atoms with Gasteiger partial charge in [-0.15, -0.1) is 0 Å². The summed E-state index contributed by atoms with van der Waals surface area (Å²) in [5.41, 5.74) is 1.08. The van der Waals surface area contributed by atoms with E-state index in [1.54, 1.807) is 14.1 Å². The molecule has 0 aliphatic carbocycles. The molecule has 2 aromatic rings. The third-order valence-electron chi connectivity index (χ3n) is 4.69. The molecular formula is C17H22N4O6S. The molecule has 1 amide bonds. The van der Waals surface area contributed by atoms with Crippen LogP contribution in [-0.2, 0) is 14.8 Å². The molecule has 2 aromatic heterocycles. The SMILES string of the molecule is COC(=O)c1coc(S(=O)(=O)N2CCC[C@@H](c3[nH]ncc3C(=O)N(C)C)C2)c1. The lowest BCUT2D eigenvalue weighted by molar-refractivity contribution is 0.0599. The van der Waals surface area contributed by atoms with E-state index in [4.69, 9.17) is 4.42 Å². The van der Waals surface area contributed by atoms with Crippen molar-refractivity contribution in [2.24, 2.45) is 0 Å². The lowest BCUT2D eigenvalue weighted by Crippen LogP contribution is -2.39. The van der Waals surface area contributed by atoms with Crippen molar-refractivity contribution < 1.29 is 27.2 Å². The fraction of sp³-hybridized carbons (Fsp3) is 0.471. The highest BCUT2D eigenvalue weighted by atomic mass is 32.2. The number of nitrogens with zero attached hydrogens (tertiary/aromatic N) is 3.